The van der Waals surface area contributed by atoms with Crippen molar-refractivity contribution < 1.29 is 4.74 Å². The van der Waals surface area contributed by atoms with Gasteiger partial charge in [0.15, 0.2) is 0 Å². The van der Waals surface area contributed by atoms with Gasteiger partial charge in [0.25, 0.3) is 0 Å². The molecule has 0 aliphatic carbocycles. The van der Waals surface area contributed by atoms with Crippen molar-refractivity contribution in [1.29, 1.82) is 0 Å². The van der Waals surface area contributed by atoms with E-state index in [1.165, 1.54) is 16.3 Å². The maximum atomic E-state index is 6.40. The van der Waals surface area contributed by atoms with Gasteiger partial charge in [0.2, 0.25) is 6.23 Å². The van der Waals surface area contributed by atoms with Gasteiger partial charge in [-0.15, -0.1) is 0 Å². The summed E-state index contributed by atoms with van der Waals surface area (Å²) in [5.41, 5.74) is 4.48. The molecular formula is C26H19ClN2O. The summed E-state index contributed by atoms with van der Waals surface area (Å²) in [6, 6.07) is 31.3. The van der Waals surface area contributed by atoms with Crippen LogP contribution in [0.15, 0.2) is 96.1 Å². The van der Waals surface area contributed by atoms with Crippen LogP contribution in [-0.4, -0.2) is 10.7 Å². The number of benzene rings is 4. The number of hydrogen-bond acceptors (Lipinski definition) is 3. The van der Waals surface area contributed by atoms with E-state index < -0.39 is 0 Å². The first-order chi connectivity index (χ1) is 14.8. The number of nitrogens with zero attached hydrogens (tertiary/aromatic N) is 2. The molecule has 146 valence electrons. The molecule has 0 radical (unpaired) electrons. The van der Waals surface area contributed by atoms with Gasteiger partial charge in [-0.3, -0.25) is 0 Å². The zero-order valence-electron chi connectivity index (χ0n) is 16.2. The summed E-state index contributed by atoms with van der Waals surface area (Å²) < 4.78 is 6.40. The third-order valence-electron chi connectivity index (χ3n) is 5.94. The maximum absolute atomic E-state index is 6.40. The zero-order valence-corrected chi connectivity index (χ0v) is 17.0. The van der Waals surface area contributed by atoms with Gasteiger partial charge in [0, 0.05) is 22.6 Å². The molecule has 0 saturated heterocycles. The topological polar surface area (TPSA) is 24.8 Å². The monoisotopic (exact) mass is 410 g/mol. The van der Waals surface area contributed by atoms with Crippen molar-refractivity contribution in [3.63, 3.8) is 0 Å². The molecule has 6 rings (SSSR count). The molecule has 2 aliphatic heterocycles. The lowest BCUT2D eigenvalue weighted by Gasteiger charge is -2.38. The third-order valence-corrected chi connectivity index (χ3v) is 6.19. The summed E-state index contributed by atoms with van der Waals surface area (Å²) in [5.74, 6) is 0.925. The molecule has 4 heteroatoms. The van der Waals surface area contributed by atoms with Crippen molar-refractivity contribution in [2.75, 3.05) is 0 Å². The highest BCUT2D eigenvalue weighted by Crippen LogP contribution is 2.47. The van der Waals surface area contributed by atoms with Crippen molar-refractivity contribution >= 4 is 28.1 Å². The van der Waals surface area contributed by atoms with Crippen molar-refractivity contribution in [2.24, 2.45) is 5.10 Å². The number of hydrogen-bond donors (Lipinski definition) is 0. The molecule has 0 bridgehead atoms. The molecule has 2 aliphatic rings. The van der Waals surface area contributed by atoms with Crippen LogP contribution < -0.4 is 4.74 Å². The van der Waals surface area contributed by atoms with Gasteiger partial charge in [-0.05, 0) is 40.6 Å². The normalized spacial score (nSPS) is 19.8. The molecular weight excluding hydrogens is 392 g/mol. The predicted octanol–water partition coefficient (Wildman–Crippen LogP) is 6.74. The number of hydrazone groups is 1. The lowest BCUT2D eigenvalue weighted by molar-refractivity contribution is -0.0190. The first-order valence-electron chi connectivity index (χ1n) is 10.1. The Morgan fingerprint density at radius 3 is 2.47 bits per heavy atom. The Kier molecular flexibility index (Phi) is 4.03. The molecule has 0 amide bonds. The molecule has 4 aromatic rings. The Hall–Kier alpha value is -3.30. The van der Waals surface area contributed by atoms with Crippen LogP contribution in [0.3, 0.4) is 0 Å². The lowest BCUT2D eigenvalue weighted by atomic mass is 9.95. The fourth-order valence-corrected chi connectivity index (χ4v) is 4.55. The minimum absolute atomic E-state index is 0.150. The summed E-state index contributed by atoms with van der Waals surface area (Å²) in [7, 11) is 0. The van der Waals surface area contributed by atoms with E-state index in [0.717, 1.165) is 29.0 Å². The number of fused-ring (bicyclic) bond motifs is 4. The van der Waals surface area contributed by atoms with Gasteiger partial charge in [-0.2, -0.15) is 5.10 Å². The minimum Gasteiger partial charge on any atom is -0.464 e. The summed E-state index contributed by atoms with van der Waals surface area (Å²) >= 11 is 6.11. The fourth-order valence-electron chi connectivity index (χ4n) is 4.42. The van der Waals surface area contributed by atoms with E-state index in [-0.39, 0.29) is 12.3 Å². The lowest BCUT2D eigenvalue weighted by Crippen LogP contribution is -2.33. The first kappa shape index (κ1) is 17.5. The van der Waals surface area contributed by atoms with E-state index in [4.69, 9.17) is 21.4 Å². The molecule has 0 unspecified atom stereocenters. The highest BCUT2D eigenvalue weighted by molar-refractivity contribution is 6.30. The molecule has 0 spiro atoms. The molecule has 0 N–H and O–H groups in total. The van der Waals surface area contributed by atoms with E-state index in [0.29, 0.717) is 5.02 Å². The Morgan fingerprint density at radius 1 is 0.833 bits per heavy atom. The Morgan fingerprint density at radius 2 is 1.60 bits per heavy atom. The summed E-state index contributed by atoms with van der Waals surface area (Å²) in [4.78, 5) is 0. The van der Waals surface area contributed by atoms with E-state index >= 15 is 0 Å². The SMILES string of the molecule is Clc1ccc([C@H]2Oc3ccccc3[C@H]3CC(c4ccc5ccccc5c4)=NN32)cc1. The van der Waals surface area contributed by atoms with E-state index in [1.807, 2.05) is 36.4 Å². The van der Waals surface area contributed by atoms with Gasteiger partial charge >= 0.3 is 0 Å². The molecule has 2 atom stereocenters. The van der Waals surface area contributed by atoms with Gasteiger partial charge in [0.05, 0.1) is 11.8 Å². The second kappa shape index (κ2) is 6.89. The van der Waals surface area contributed by atoms with Crippen LogP contribution in [0.2, 0.25) is 5.02 Å². The van der Waals surface area contributed by atoms with Gasteiger partial charge in [0.1, 0.15) is 5.75 Å². The fraction of sp³-hybridized carbons (Fsp3) is 0.115. The average Bonchev–Trinajstić information content (AvgIpc) is 3.25. The molecule has 2 heterocycles. The highest BCUT2D eigenvalue weighted by atomic mass is 35.5. The van der Waals surface area contributed by atoms with Crippen molar-refractivity contribution in [1.82, 2.24) is 5.01 Å². The molecule has 3 nitrogen and oxygen atoms in total. The molecule has 0 saturated carbocycles. The van der Waals surface area contributed by atoms with Crippen LogP contribution in [-0.2, 0) is 0 Å². The second-order valence-corrected chi connectivity index (χ2v) is 8.20. The zero-order chi connectivity index (χ0) is 20.1. The van der Waals surface area contributed by atoms with Crippen LogP contribution >= 0.6 is 11.6 Å². The van der Waals surface area contributed by atoms with E-state index in [2.05, 4.69) is 59.6 Å². The highest BCUT2D eigenvalue weighted by Gasteiger charge is 2.40. The summed E-state index contributed by atoms with van der Waals surface area (Å²) in [5, 5.41) is 10.4. The van der Waals surface area contributed by atoms with Crippen LogP contribution in [0.1, 0.15) is 35.4 Å². The summed E-state index contributed by atoms with van der Waals surface area (Å²) in [6.07, 6.45) is 0.572. The predicted molar refractivity (Wildman–Crippen MR) is 121 cm³/mol. The third kappa shape index (κ3) is 2.86. The number of halogens is 1. The van der Waals surface area contributed by atoms with Crippen molar-refractivity contribution in [2.45, 2.75) is 18.7 Å². The number of ether oxygens (including phenoxy) is 1. The minimum atomic E-state index is -0.278. The van der Waals surface area contributed by atoms with Gasteiger partial charge in [-0.1, -0.05) is 78.3 Å². The Bertz CT molecular complexity index is 1280. The standard InChI is InChI=1S/C26H19ClN2O/c27-21-13-11-18(12-14-21)26-29-24(22-7-3-4-8-25(22)30-26)16-23(28-29)20-10-9-17-5-1-2-6-19(17)15-20/h1-15,24,26H,16H2/t24-,26-/m1/s1. The van der Waals surface area contributed by atoms with Crippen LogP contribution in [0, 0.1) is 0 Å². The number of rotatable bonds is 2. The maximum Gasteiger partial charge on any atom is 0.213 e. The van der Waals surface area contributed by atoms with Gasteiger partial charge in [-0.25, -0.2) is 5.01 Å². The molecule has 4 aromatic carbocycles. The van der Waals surface area contributed by atoms with Crippen molar-refractivity contribution in [3.8, 4) is 5.75 Å². The average molecular weight is 411 g/mol. The molecule has 0 fully saturated rings. The van der Waals surface area contributed by atoms with Gasteiger partial charge < -0.3 is 4.74 Å². The molecule has 0 aromatic heterocycles. The molecule has 30 heavy (non-hydrogen) atoms. The van der Waals surface area contributed by atoms with E-state index in [9.17, 15) is 0 Å². The largest absolute Gasteiger partial charge is 0.464 e. The van der Waals surface area contributed by atoms with Crippen LogP contribution in [0.4, 0.5) is 0 Å². The number of para-hydroxylation sites is 1. The smallest absolute Gasteiger partial charge is 0.213 e. The van der Waals surface area contributed by atoms with Crippen LogP contribution in [0.5, 0.6) is 5.75 Å². The van der Waals surface area contributed by atoms with E-state index in [1.54, 1.807) is 0 Å². The summed E-state index contributed by atoms with van der Waals surface area (Å²) in [6.45, 7) is 0. The van der Waals surface area contributed by atoms with Crippen molar-refractivity contribution in [3.05, 3.63) is 113 Å². The quantitative estimate of drug-likeness (QED) is 0.365. The second-order valence-electron chi connectivity index (χ2n) is 7.77. The first-order valence-corrected chi connectivity index (χ1v) is 10.5. The Balaban J connectivity index is 1.44. The Labute approximate surface area is 180 Å². The van der Waals surface area contributed by atoms with Crippen LogP contribution in [0.25, 0.3) is 10.8 Å².